The van der Waals surface area contributed by atoms with Gasteiger partial charge in [-0.1, -0.05) is 0 Å². The number of hydrogen-bond acceptors (Lipinski definition) is 5. The number of aromatic nitrogens is 2. The first kappa shape index (κ1) is 17.9. The smallest absolute Gasteiger partial charge is 0.268 e. The molecule has 0 spiro atoms. The SMILES string of the molecule is COc1ccc2c(c1)cc(C(=O)N[C@H](C)C(=O)Nc1ncc(C)s1)n2C. The summed E-state index contributed by atoms with van der Waals surface area (Å²) in [4.78, 5) is 29.9. The molecule has 0 unspecified atom stereocenters. The average molecular weight is 372 g/mol. The van der Waals surface area contributed by atoms with E-state index < -0.39 is 6.04 Å². The second-order valence-corrected chi connectivity index (χ2v) is 7.21. The number of ether oxygens (including phenoxy) is 1. The highest BCUT2D eigenvalue weighted by Crippen LogP contribution is 2.24. The number of benzene rings is 1. The van der Waals surface area contributed by atoms with Gasteiger partial charge in [0.2, 0.25) is 5.91 Å². The topological polar surface area (TPSA) is 85.2 Å². The van der Waals surface area contributed by atoms with Crippen LogP contribution < -0.4 is 15.4 Å². The Hall–Kier alpha value is -2.87. The molecule has 0 fully saturated rings. The van der Waals surface area contributed by atoms with Gasteiger partial charge in [0.15, 0.2) is 5.13 Å². The summed E-state index contributed by atoms with van der Waals surface area (Å²) in [7, 11) is 3.41. The van der Waals surface area contributed by atoms with Crippen LogP contribution in [0.5, 0.6) is 5.75 Å². The lowest BCUT2D eigenvalue weighted by atomic mass is 10.2. The Bertz CT molecular complexity index is 976. The Balaban J connectivity index is 1.73. The van der Waals surface area contributed by atoms with Crippen molar-refractivity contribution in [3.8, 4) is 5.75 Å². The molecule has 0 bridgehead atoms. The third-order valence-corrected chi connectivity index (χ3v) is 4.90. The second-order valence-electron chi connectivity index (χ2n) is 5.97. The molecular weight excluding hydrogens is 352 g/mol. The number of anilines is 1. The van der Waals surface area contributed by atoms with Crippen molar-refractivity contribution in [2.75, 3.05) is 12.4 Å². The van der Waals surface area contributed by atoms with Crippen molar-refractivity contribution >= 4 is 39.2 Å². The molecular formula is C18H20N4O3S. The van der Waals surface area contributed by atoms with Crippen molar-refractivity contribution in [2.24, 2.45) is 7.05 Å². The van der Waals surface area contributed by atoms with E-state index in [2.05, 4.69) is 15.6 Å². The van der Waals surface area contributed by atoms with Crippen LogP contribution in [-0.2, 0) is 11.8 Å². The molecule has 0 aliphatic carbocycles. The molecule has 3 rings (SSSR count). The van der Waals surface area contributed by atoms with Gasteiger partial charge in [-0.2, -0.15) is 0 Å². The fraction of sp³-hybridized carbons (Fsp3) is 0.278. The summed E-state index contributed by atoms with van der Waals surface area (Å²) in [6.07, 6.45) is 1.69. The normalized spacial score (nSPS) is 12.0. The molecule has 2 amide bonds. The Morgan fingerprint density at radius 1 is 1.31 bits per heavy atom. The van der Waals surface area contributed by atoms with E-state index >= 15 is 0 Å². The van der Waals surface area contributed by atoms with Gasteiger partial charge in [0, 0.05) is 29.0 Å². The van der Waals surface area contributed by atoms with Crippen LogP contribution >= 0.6 is 11.3 Å². The molecule has 1 atom stereocenters. The van der Waals surface area contributed by atoms with Crippen LogP contribution in [0.4, 0.5) is 5.13 Å². The van der Waals surface area contributed by atoms with Gasteiger partial charge in [0.05, 0.1) is 7.11 Å². The van der Waals surface area contributed by atoms with Gasteiger partial charge >= 0.3 is 0 Å². The van der Waals surface area contributed by atoms with Crippen molar-refractivity contribution in [3.63, 3.8) is 0 Å². The van der Waals surface area contributed by atoms with Gasteiger partial charge in [-0.3, -0.25) is 9.59 Å². The average Bonchev–Trinajstić information content (AvgIpc) is 3.17. The van der Waals surface area contributed by atoms with Crippen LogP contribution in [0.2, 0.25) is 0 Å². The maximum absolute atomic E-state index is 12.6. The molecule has 0 aliphatic rings. The number of thiazole rings is 1. The third-order valence-electron chi connectivity index (χ3n) is 4.07. The van der Waals surface area contributed by atoms with Crippen LogP contribution in [0.25, 0.3) is 10.9 Å². The summed E-state index contributed by atoms with van der Waals surface area (Å²) < 4.78 is 7.01. The quantitative estimate of drug-likeness (QED) is 0.721. The first-order valence-electron chi connectivity index (χ1n) is 8.06. The zero-order valence-corrected chi connectivity index (χ0v) is 15.8. The summed E-state index contributed by atoms with van der Waals surface area (Å²) in [6, 6.07) is 6.69. The lowest BCUT2D eigenvalue weighted by Crippen LogP contribution is -2.42. The number of methoxy groups -OCH3 is 1. The minimum absolute atomic E-state index is 0.312. The molecule has 26 heavy (non-hydrogen) atoms. The van der Waals surface area contributed by atoms with E-state index in [4.69, 9.17) is 4.74 Å². The highest BCUT2D eigenvalue weighted by molar-refractivity contribution is 7.15. The largest absolute Gasteiger partial charge is 0.497 e. The molecule has 0 aliphatic heterocycles. The van der Waals surface area contributed by atoms with Gasteiger partial charge in [-0.15, -0.1) is 11.3 Å². The number of nitrogens with one attached hydrogen (secondary N) is 2. The van der Waals surface area contributed by atoms with Crippen molar-refractivity contribution < 1.29 is 14.3 Å². The van der Waals surface area contributed by atoms with E-state index in [9.17, 15) is 9.59 Å². The number of hydrogen-bond donors (Lipinski definition) is 2. The fourth-order valence-corrected chi connectivity index (χ4v) is 3.30. The van der Waals surface area contributed by atoms with E-state index in [1.54, 1.807) is 30.9 Å². The zero-order chi connectivity index (χ0) is 18.8. The number of rotatable bonds is 5. The first-order valence-corrected chi connectivity index (χ1v) is 8.88. The molecule has 0 radical (unpaired) electrons. The lowest BCUT2D eigenvalue weighted by Gasteiger charge is -2.13. The van der Waals surface area contributed by atoms with Crippen LogP contribution in [0.15, 0.2) is 30.5 Å². The Labute approximate surface area is 155 Å². The van der Waals surface area contributed by atoms with Crippen molar-refractivity contribution in [2.45, 2.75) is 19.9 Å². The first-order chi connectivity index (χ1) is 12.4. The van der Waals surface area contributed by atoms with Crippen molar-refractivity contribution in [3.05, 3.63) is 41.0 Å². The predicted molar refractivity (Wildman–Crippen MR) is 102 cm³/mol. The maximum atomic E-state index is 12.6. The molecule has 8 heteroatoms. The van der Waals surface area contributed by atoms with Gasteiger partial charge in [0.25, 0.3) is 5.91 Å². The van der Waals surface area contributed by atoms with Gasteiger partial charge in [-0.25, -0.2) is 4.98 Å². The van der Waals surface area contributed by atoms with E-state index in [-0.39, 0.29) is 11.8 Å². The summed E-state index contributed by atoms with van der Waals surface area (Å²) in [5.41, 5.74) is 1.38. The molecule has 0 saturated heterocycles. The second kappa shape index (κ2) is 7.17. The number of nitrogens with zero attached hydrogens (tertiary/aromatic N) is 2. The van der Waals surface area contributed by atoms with Crippen LogP contribution in [-0.4, -0.2) is 34.5 Å². The van der Waals surface area contributed by atoms with Crippen LogP contribution in [0, 0.1) is 6.92 Å². The fourth-order valence-electron chi connectivity index (χ4n) is 2.63. The van der Waals surface area contributed by atoms with Crippen molar-refractivity contribution in [1.82, 2.24) is 14.9 Å². The minimum Gasteiger partial charge on any atom is -0.497 e. The molecule has 7 nitrogen and oxygen atoms in total. The van der Waals surface area contributed by atoms with Crippen molar-refractivity contribution in [1.29, 1.82) is 0 Å². The number of fused-ring (bicyclic) bond motifs is 1. The Morgan fingerprint density at radius 3 is 2.73 bits per heavy atom. The third kappa shape index (κ3) is 3.55. The highest BCUT2D eigenvalue weighted by atomic mass is 32.1. The molecule has 0 saturated carbocycles. The number of carbonyl (C=O) groups excluding carboxylic acids is 2. The predicted octanol–water partition coefficient (Wildman–Crippen LogP) is 2.71. The van der Waals surface area contributed by atoms with Gasteiger partial charge < -0.3 is 19.9 Å². The van der Waals surface area contributed by atoms with E-state index in [0.29, 0.717) is 10.8 Å². The lowest BCUT2D eigenvalue weighted by molar-refractivity contribution is -0.117. The summed E-state index contributed by atoms with van der Waals surface area (Å²) in [5, 5.41) is 6.85. The Kier molecular flexibility index (Phi) is 4.94. The highest BCUT2D eigenvalue weighted by Gasteiger charge is 2.20. The molecule has 1 aromatic carbocycles. The molecule has 3 aromatic rings. The number of amides is 2. The van der Waals surface area contributed by atoms with Crippen LogP contribution in [0.3, 0.4) is 0 Å². The number of aryl methyl sites for hydroxylation is 2. The van der Waals surface area contributed by atoms with Gasteiger partial charge in [-0.05, 0) is 38.1 Å². The molecule has 2 heterocycles. The van der Waals surface area contributed by atoms with E-state index in [1.165, 1.54) is 11.3 Å². The summed E-state index contributed by atoms with van der Waals surface area (Å²) in [6.45, 7) is 3.55. The minimum atomic E-state index is -0.695. The molecule has 2 N–H and O–H groups in total. The van der Waals surface area contributed by atoms with E-state index in [1.807, 2.05) is 32.2 Å². The maximum Gasteiger partial charge on any atom is 0.268 e. The summed E-state index contributed by atoms with van der Waals surface area (Å²) in [5.74, 6) is 0.0929. The number of carbonyl (C=O) groups is 2. The zero-order valence-electron chi connectivity index (χ0n) is 15.0. The Morgan fingerprint density at radius 2 is 2.08 bits per heavy atom. The molecule has 136 valence electrons. The van der Waals surface area contributed by atoms with Gasteiger partial charge in [0.1, 0.15) is 17.5 Å². The summed E-state index contributed by atoms with van der Waals surface area (Å²) >= 11 is 1.39. The standard InChI is InChI=1S/C18H20N4O3S/c1-10-9-19-18(26-10)21-16(23)11(2)20-17(24)15-8-12-7-13(25-4)5-6-14(12)22(15)3/h5-9,11H,1-4H3,(H,20,24)(H,19,21,23)/t11-/m1/s1. The van der Waals surface area contributed by atoms with Crippen LogP contribution in [0.1, 0.15) is 22.3 Å². The molecule has 2 aromatic heterocycles. The monoisotopic (exact) mass is 372 g/mol. The van der Waals surface area contributed by atoms with E-state index in [0.717, 1.165) is 21.5 Å².